The molecule has 12 aromatic rings. The third-order valence-electron chi connectivity index (χ3n) is 11.7. The topological polar surface area (TPSA) is 35.6 Å². The Kier molecular flexibility index (Phi) is 7.20. The van der Waals surface area contributed by atoms with E-state index in [1.807, 2.05) is 0 Å². The number of hydrogen-bond acceptors (Lipinski definition) is 2. The fraction of sp³-hybridized carbons (Fsp3) is 0. The normalized spacial score (nSPS) is 11.8. The van der Waals surface area contributed by atoms with Gasteiger partial charge in [-0.2, -0.15) is 0 Å². The lowest BCUT2D eigenvalue weighted by Gasteiger charge is -2.14. The van der Waals surface area contributed by atoms with Gasteiger partial charge in [-0.05, 0) is 69.1 Å². The molecule has 0 aliphatic carbocycles. The third kappa shape index (κ3) is 4.88. The molecule has 0 saturated heterocycles. The molecule has 2 aromatic heterocycles. The van der Waals surface area contributed by atoms with Crippen molar-refractivity contribution in [3.05, 3.63) is 206 Å². The maximum Gasteiger partial charge on any atom is 0.145 e. The van der Waals surface area contributed by atoms with Crippen molar-refractivity contribution in [2.24, 2.45) is 0 Å². The monoisotopic (exact) mass is 738 g/mol. The van der Waals surface area contributed by atoms with Gasteiger partial charge in [-0.1, -0.05) is 170 Å². The van der Waals surface area contributed by atoms with E-state index in [0.29, 0.717) is 0 Å². The van der Waals surface area contributed by atoms with Crippen LogP contribution in [0.3, 0.4) is 0 Å². The quantitative estimate of drug-likeness (QED) is 0.165. The van der Waals surface area contributed by atoms with Gasteiger partial charge < -0.3 is 0 Å². The summed E-state index contributed by atoms with van der Waals surface area (Å²) >= 11 is 0. The number of fused-ring (bicyclic) bond motifs is 12. The molecule has 0 amide bonds. The molecule has 10 aromatic carbocycles. The van der Waals surface area contributed by atoms with Crippen LogP contribution in [0.5, 0.6) is 0 Å². The molecular formula is C54H34N4. The highest BCUT2D eigenvalue weighted by molar-refractivity contribution is 6.25. The molecule has 0 N–H and O–H groups in total. The molecule has 4 heteroatoms. The molecule has 2 heterocycles. The van der Waals surface area contributed by atoms with Crippen molar-refractivity contribution in [3.8, 4) is 45.3 Å². The first-order valence-corrected chi connectivity index (χ1v) is 19.8. The van der Waals surface area contributed by atoms with E-state index < -0.39 is 0 Å². The van der Waals surface area contributed by atoms with E-state index in [1.165, 1.54) is 32.3 Å². The number of nitrogens with zero attached hydrogens (tertiary/aromatic N) is 4. The largest absolute Gasteiger partial charge is 0.292 e. The summed E-state index contributed by atoms with van der Waals surface area (Å²) in [6.07, 6.45) is 0. The minimum atomic E-state index is 0.908. The second-order valence-electron chi connectivity index (χ2n) is 15.0. The summed E-state index contributed by atoms with van der Waals surface area (Å²) in [6, 6.07) is 73.6. The Labute approximate surface area is 334 Å². The van der Waals surface area contributed by atoms with E-state index in [-0.39, 0.29) is 0 Å². The number of benzene rings is 10. The Morgan fingerprint density at radius 2 is 0.569 bits per heavy atom. The van der Waals surface area contributed by atoms with Gasteiger partial charge in [0.15, 0.2) is 0 Å². The molecule has 0 bridgehead atoms. The molecular weight excluding hydrogens is 705 g/mol. The summed E-state index contributed by atoms with van der Waals surface area (Å²) in [5.41, 5.74) is 10.7. The molecule has 0 aliphatic heterocycles. The van der Waals surface area contributed by atoms with Gasteiger partial charge >= 0.3 is 0 Å². The Morgan fingerprint density at radius 3 is 0.966 bits per heavy atom. The van der Waals surface area contributed by atoms with Crippen LogP contribution in [0.25, 0.3) is 110 Å². The van der Waals surface area contributed by atoms with Crippen LogP contribution in [0.2, 0.25) is 0 Å². The van der Waals surface area contributed by atoms with Gasteiger partial charge in [-0.3, -0.25) is 9.13 Å². The molecule has 0 atom stereocenters. The number of rotatable bonds is 5. The van der Waals surface area contributed by atoms with Crippen LogP contribution in [-0.2, 0) is 0 Å². The maximum atomic E-state index is 5.51. The van der Waals surface area contributed by atoms with Gasteiger partial charge in [0.2, 0.25) is 0 Å². The van der Waals surface area contributed by atoms with Crippen molar-refractivity contribution in [2.75, 3.05) is 0 Å². The maximum absolute atomic E-state index is 5.51. The summed E-state index contributed by atoms with van der Waals surface area (Å²) in [5.74, 6) is 1.82. The first-order valence-electron chi connectivity index (χ1n) is 19.8. The first-order chi connectivity index (χ1) is 28.8. The summed E-state index contributed by atoms with van der Waals surface area (Å²) in [7, 11) is 0. The molecule has 0 spiro atoms. The van der Waals surface area contributed by atoms with E-state index in [2.05, 4.69) is 215 Å². The zero-order valence-electron chi connectivity index (χ0n) is 31.4. The van der Waals surface area contributed by atoms with Crippen LogP contribution in [0.1, 0.15) is 0 Å². The number of imidazole rings is 2. The number of para-hydroxylation sites is 2. The molecule has 0 radical (unpaired) electrons. The van der Waals surface area contributed by atoms with Crippen molar-refractivity contribution < 1.29 is 0 Å². The van der Waals surface area contributed by atoms with Crippen LogP contribution < -0.4 is 0 Å². The van der Waals surface area contributed by atoms with E-state index in [4.69, 9.17) is 9.97 Å². The average molecular weight is 739 g/mol. The lowest BCUT2D eigenvalue weighted by molar-refractivity contribution is 1.10. The van der Waals surface area contributed by atoms with E-state index >= 15 is 0 Å². The second kappa shape index (κ2) is 12.9. The van der Waals surface area contributed by atoms with Crippen molar-refractivity contribution in [2.45, 2.75) is 0 Å². The van der Waals surface area contributed by atoms with E-state index in [0.717, 1.165) is 78.1 Å². The first kappa shape index (κ1) is 32.4. The van der Waals surface area contributed by atoms with Crippen LogP contribution in [0, 0.1) is 0 Å². The highest BCUT2D eigenvalue weighted by Crippen LogP contribution is 2.42. The summed E-state index contributed by atoms with van der Waals surface area (Å²) in [4.78, 5) is 11.0. The van der Waals surface area contributed by atoms with Gasteiger partial charge in [0.05, 0.1) is 22.1 Å². The standard InChI is InChI=1S/C54H34N4/c1-3-21-39(22-4-1)57-51-47-31-13-9-27-43(47)41-25-7-11-29-45(41)49(51)55-53(57)37-19-15-17-35(33-37)36-18-16-20-38(34-36)54-56-50-46-30-12-8-26-42(46)44-28-10-14-32-48(44)52(50)58(54)40-23-5-2-6-24-40/h1-34H. The zero-order chi connectivity index (χ0) is 38.2. The predicted molar refractivity (Wildman–Crippen MR) is 242 cm³/mol. The minimum Gasteiger partial charge on any atom is -0.292 e. The number of aromatic nitrogens is 4. The SMILES string of the molecule is c1ccc(-n2c(-c3cccc(-c4cccc(-c5nc6c7ccccc7c7ccccc7c6n5-c5ccccc5)c4)c3)nc3c4ccccc4c4ccccc4c32)cc1. The van der Waals surface area contributed by atoms with Crippen LogP contribution in [0.4, 0.5) is 0 Å². The van der Waals surface area contributed by atoms with Crippen molar-refractivity contribution in [3.63, 3.8) is 0 Å². The zero-order valence-corrected chi connectivity index (χ0v) is 31.4. The molecule has 0 unspecified atom stereocenters. The molecule has 0 saturated carbocycles. The van der Waals surface area contributed by atoms with E-state index in [1.54, 1.807) is 0 Å². The smallest absolute Gasteiger partial charge is 0.145 e. The Balaban J connectivity index is 1.08. The van der Waals surface area contributed by atoms with E-state index in [9.17, 15) is 0 Å². The van der Waals surface area contributed by atoms with Crippen molar-refractivity contribution in [1.82, 2.24) is 19.1 Å². The molecule has 270 valence electrons. The van der Waals surface area contributed by atoms with Gasteiger partial charge in [0.25, 0.3) is 0 Å². The number of hydrogen-bond donors (Lipinski definition) is 0. The van der Waals surface area contributed by atoms with Gasteiger partial charge in [-0.15, -0.1) is 0 Å². The Morgan fingerprint density at radius 1 is 0.259 bits per heavy atom. The molecule has 0 aliphatic rings. The summed E-state index contributed by atoms with van der Waals surface area (Å²) < 4.78 is 4.69. The van der Waals surface area contributed by atoms with Gasteiger partial charge in [0.1, 0.15) is 11.6 Å². The Bertz CT molecular complexity index is 3320. The summed E-state index contributed by atoms with van der Waals surface area (Å²) in [5, 5.41) is 9.54. The van der Waals surface area contributed by atoms with Crippen LogP contribution >= 0.6 is 0 Å². The average Bonchev–Trinajstić information content (AvgIpc) is 3.92. The Hall–Kier alpha value is -7.82. The third-order valence-corrected chi connectivity index (χ3v) is 11.7. The highest BCUT2D eigenvalue weighted by Gasteiger charge is 2.22. The fourth-order valence-corrected chi connectivity index (χ4v) is 9.13. The summed E-state index contributed by atoms with van der Waals surface area (Å²) in [6.45, 7) is 0. The fourth-order valence-electron chi connectivity index (χ4n) is 9.13. The predicted octanol–water partition coefficient (Wildman–Crippen LogP) is 14.0. The van der Waals surface area contributed by atoms with Crippen molar-refractivity contribution in [1.29, 1.82) is 0 Å². The minimum absolute atomic E-state index is 0.908. The van der Waals surface area contributed by atoms with Crippen LogP contribution in [-0.4, -0.2) is 19.1 Å². The molecule has 4 nitrogen and oxygen atoms in total. The lowest BCUT2D eigenvalue weighted by atomic mass is 9.99. The molecule has 0 fully saturated rings. The van der Waals surface area contributed by atoms with Gasteiger partial charge in [0, 0.05) is 44.0 Å². The highest BCUT2D eigenvalue weighted by atomic mass is 15.1. The lowest BCUT2D eigenvalue weighted by Crippen LogP contribution is -1.98. The van der Waals surface area contributed by atoms with Crippen LogP contribution in [0.15, 0.2) is 206 Å². The van der Waals surface area contributed by atoms with Crippen molar-refractivity contribution >= 4 is 65.2 Å². The molecule has 12 rings (SSSR count). The molecule has 58 heavy (non-hydrogen) atoms. The van der Waals surface area contributed by atoms with Gasteiger partial charge in [-0.25, -0.2) is 9.97 Å². The second-order valence-corrected chi connectivity index (χ2v) is 15.0.